The first-order valence-corrected chi connectivity index (χ1v) is 8.82. The molecule has 0 amide bonds. The predicted molar refractivity (Wildman–Crippen MR) is 85.1 cm³/mol. The maximum atomic E-state index is 9.03. The molecule has 0 spiro atoms. The smallest absolute Gasteiger partial charge is 0.0715 e. The molecule has 3 nitrogen and oxygen atoms in total. The van der Waals surface area contributed by atoms with E-state index in [0.29, 0.717) is 6.10 Å². The third-order valence-corrected chi connectivity index (χ3v) is 4.25. The van der Waals surface area contributed by atoms with Crippen LogP contribution in [0.4, 0.5) is 0 Å². The van der Waals surface area contributed by atoms with Crippen molar-refractivity contribution in [1.82, 2.24) is 5.32 Å². The van der Waals surface area contributed by atoms with Crippen molar-refractivity contribution in [2.24, 2.45) is 0 Å². The molecule has 2 N–H and O–H groups in total. The minimum absolute atomic E-state index is 0.234. The van der Waals surface area contributed by atoms with Gasteiger partial charge in [0, 0.05) is 19.2 Å². The summed E-state index contributed by atoms with van der Waals surface area (Å²) >= 11 is 0. The fourth-order valence-corrected chi connectivity index (χ4v) is 2.89. The summed E-state index contributed by atoms with van der Waals surface area (Å²) in [6, 6.07) is 0.257. The highest BCUT2D eigenvalue weighted by Crippen LogP contribution is 2.13. The molecule has 0 aromatic heterocycles. The van der Waals surface area contributed by atoms with E-state index in [1.807, 2.05) is 0 Å². The SMILES string of the molecule is CCCCCCCCCCCCO[C@H]1CN[C@H](CO)C1. The Bertz CT molecular complexity index is 211. The number of ether oxygens (including phenoxy) is 1. The van der Waals surface area contributed by atoms with Gasteiger partial charge in [-0.2, -0.15) is 0 Å². The van der Waals surface area contributed by atoms with Crippen molar-refractivity contribution >= 4 is 0 Å². The molecule has 0 saturated carbocycles. The van der Waals surface area contributed by atoms with E-state index >= 15 is 0 Å². The molecule has 120 valence electrons. The van der Waals surface area contributed by atoms with Crippen LogP contribution >= 0.6 is 0 Å². The lowest BCUT2D eigenvalue weighted by Gasteiger charge is -2.10. The van der Waals surface area contributed by atoms with Crippen molar-refractivity contribution in [2.45, 2.75) is 89.7 Å². The fraction of sp³-hybridized carbons (Fsp3) is 1.00. The van der Waals surface area contributed by atoms with E-state index in [0.717, 1.165) is 19.6 Å². The van der Waals surface area contributed by atoms with E-state index in [1.165, 1.54) is 64.2 Å². The van der Waals surface area contributed by atoms with E-state index in [-0.39, 0.29) is 12.6 Å². The van der Waals surface area contributed by atoms with Crippen molar-refractivity contribution < 1.29 is 9.84 Å². The summed E-state index contributed by atoms with van der Waals surface area (Å²) in [4.78, 5) is 0. The van der Waals surface area contributed by atoms with Crippen molar-refractivity contribution in [3.05, 3.63) is 0 Å². The van der Waals surface area contributed by atoms with Gasteiger partial charge in [-0.1, -0.05) is 64.7 Å². The zero-order valence-electron chi connectivity index (χ0n) is 13.4. The maximum absolute atomic E-state index is 9.03. The highest BCUT2D eigenvalue weighted by molar-refractivity contribution is 4.81. The van der Waals surface area contributed by atoms with E-state index in [1.54, 1.807) is 0 Å². The van der Waals surface area contributed by atoms with Crippen molar-refractivity contribution in [3.63, 3.8) is 0 Å². The summed E-state index contributed by atoms with van der Waals surface area (Å²) in [5, 5.41) is 12.3. The lowest BCUT2D eigenvalue weighted by atomic mass is 10.1. The van der Waals surface area contributed by atoms with Crippen LogP contribution < -0.4 is 5.32 Å². The Labute approximate surface area is 125 Å². The third kappa shape index (κ3) is 8.93. The van der Waals surface area contributed by atoms with Gasteiger partial charge in [0.15, 0.2) is 0 Å². The monoisotopic (exact) mass is 285 g/mol. The largest absolute Gasteiger partial charge is 0.395 e. The van der Waals surface area contributed by atoms with Gasteiger partial charge in [-0.3, -0.25) is 0 Å². The number of aliphatic hydroxyl groups excluding tert-OH is 1. The first-order chi connectivity index (χ1) is 9.86. The van der Waals surface area contributed by atoms with Gasteiger partial charge in [0.1, 0.15) is 0 Å². The van der Waals surface area contributed by atoms with Crippen LogP contribution in [0.2, 0.25) is 0 Å². The molecule has 1 aliphatic rings. The normalized spacial score (nSPS) is 22.5. The van der Waals surface area contributed by atoms with E-state index in [4.69, 9.17) is 9.84 Å². The highest BCUT2D eigenvalue weighted by Gasteiger charge is 2.23. The Hall–Kier alpha value is -0.120. The molecule has 0 unspecified atom stereocenters. The Morgan fingerprint density at radius 1 is 0.950 bits per heavy atom. The number of aliphatic hydroxyl groups is 1. The molecule has 3 heteroatoms. The number of unbranched alkanes of at least 4 members (excludes halogenated alkanes) is 9. The molecule has 1 saturated heterocycles. The molecule has 1 heterocycles. The van der Waals surface area contributed by atoms with Gasteiger partial charge in [-0.05, 0) is 12.8 Å². The summed E-state index contributed by atoms with van der Waals surface area (Å²) in [6.45, 7) is 4.30. The summed E-state index contributed by atoms with van der Waals surface area (Å²) in [7, 11) is 0. The maximum Gasteiger partial charge on any atom is 0.0715 e. The van der Waals surface area contributed by atoms with Gasteiger partial charge in [-0.25, -0.2) is 0 Å². The zero-order chi connectivity index (χ0) is 14.5. The van der Waals surface area contributed by atoms with Crippen molar-refractivity contribution in [2.75, 3.05) is 19.8 Å². The van der Waals surface area contributed by atoms with Gasteiger partial charge >= 0.3 is 0 Å². The highest BCUT2D eigenvalue weighted by atomic mass is 16.5. The minimum atomic E-state index is 0.234. The van der Waals surface area contributed by atoms with Gasteiger partial charge in [0.2, 0.25) is 0 Å². The van der Waals surface area contributed by atoms with Crippen LogP contribution in [0, 0.1) is 0 Å². The average molecular weight is 285 g/mol. The number of rotatable bonds is 13. The van der Waals surface area contributed by atoms with E-state index in [2.05, 4.69) is 12.2 Å². The molecule has 0 aromatic carbocycles. The average Bonchev–Trinajstić information content (AvgIpc) is 2.93. The first kappa shape index (κ1) is 17.9. The molecule has 1 rings (SSSR count). The molecule has 0 aliphatic carbocycles. The van der Waals surface area contributed by atoms with Gasteiger partial charge < -0.3 is 15.2 Å². The summed E-state index contributed by atoms with van der Waals surface area (Å²) in [6.07, 6.45) is 15.0. The second-order valence-electron chi connectivity index (χ2n) is 6.20. The summed E-state index contributed by atoms with van der Waals surface area (Å²) in [5.41, 5.74) is 0. The number of hydrogen-bond acceptors (Lipinski definition) is 3. The molecule has 0 bridgehead atoms. The number of nitrogens with one attached hydrogen (secondary N) is 1. The van der Waals surface area contributed by atoms with Crippen molar-refractivity contribution in [3.8, 4) is 0 Å². The quantitative estimate of drug-likeness (QED) is 0.508. The van der Waals surface area contributed by atoms with E-state index in [9.17, 15) is 0 Å². The zero-order valence-corrected chi connectivity index (χ0v) is 13.4. The van der Waals surface area contributed by atoms with Crippen LogP contribution in [0.15, 0.2) is 0 Å². The van der Waals surface area contributed by atoms with Crippen LogP contribution in [0.1, 0.15) is 77.6 Å². The Kier molecular flexibility index (Phi) is 11.3. The second-order valence-corrected chi connectivity index (χ2v) is 6.20. The minimum Gasteiger partial charge on any atom is -0.395 e. The van der Waals surface area contributed by atoms with Crippen LogP contribution in [0.25, 0.3) is 0 Å². The fourth-order valence-electron chi connectivity index (χ4n) is 2.89. The molecule has 1 fully saturated rings. The molecule has 1 aliphatic heterocycles. The Morgan fingerprint density at radius 2 is 1.55 bits per heavy atom. The predicted octanol–water partition coefficient (Wildman–Crippen LogP) is 3.65. The van der Waals surface area contributed by atoms with Crippen LogP contribution in [-0.2, 0) is 4.74 Å². The molecule has 0 aromatic rings. The molecular formula is C17H35NO2. The van der Waals surface area contributed by atoms with Crippen molar-refractivity contribution in [1.29, 1.82) is 0 Å². The van der Waals surface area contributed by atoms with Crippen LogP contribution in [-0.4, -0.2) is 37.0 Å². The standard InChI is InChI=1S/C17H35NO2/c1-2-3-4-5-6-7-8-9-10-11-12-20-17-13-16(15-19)18-14-17/h16-19H,2-15H2,1H3/t16-,17+/m0/s1. The molecular weight excluding hydrogens is 250 g/mol. The molecule has 2 atom stereocenters. The summed E-state index contributed by atoms with van der Waals surface area (Å²) in [5.74, 6) is 0. The Balaban J connectivity index is 1.75. The topological polar surface area (TPSA) is 41.5 Å². The molecule has 20 heavy (non-hydrogen) atoms. The Morgan fingerprint density at radius 3 is 2.10 bits per heavy atom. The first-order valence-electron chi connectivity index (χ1n) is 8.82. The lowest BCUT2D eigenvalue weighted by molar-refractivity contribution is 0.0610. The lowest BCUT2D eigenvalue weighted by Crippen LogP contribution is -2.24. The molecule has 0 radical (unpaired) electrons. The van der Waals surface area contributed by atoms with E-state index < -0.39 is 0 Å². The van der Waals surface area contributed by atoms with Gasteiger partial charge in [0.25, 0.3) is 0 Å². The van der Waals surface area contributed by atoms with Gasteiger partial charge in [0.05, 0.1) is 12.7 Å². The van der Waals surface area contributed by atoms with Crippen LogP contribution in [0.5, 0.6) is 0 Å². The third-order valence-electron chi connectivity index (χ3n) is 4.25. The second kappa shape index (κ2) is 12.6. The van der Waals surface area contributed by atoms with Gasteiger partial charge in [-0.15, -0.1) is 0 Å². The summed E-state index contributed by atoms with van der Waals surface area (Å²) < 4.78 is 5.83. The number of hydrogen-bond donors (Lipinski definition) is 2. The van der Waals surface area contributed by atoms with Crippen LogP contribution in [0.3, 0.4) is 0 Å².